The molecule has 0 spiro atoms. The molecular formula is C16H19N5O2. The van der Waals surface area contributed by atoms with Crippen molar-refractivity contribution in [3.8, 4) is 0 Å². The molecule has 0 unspecified atom stereocenters. The average molecular weight is 313 g/mol. The summed E-state index contributed by atoms with van der Waals surface area (Å²) in [4.78, 5) is 12.7. The summed E-state index contributed by atoms with van der Waals surface area (Å²) in [5.74, 6) is 0.126. The van der Waals surface area contributed by atoms with E-state index in [-0.39, 0.29) is 5.97 Å². The minimum atomic E-state index is -0.577. The van der Waals surface area contributed by atoms with Crippen molar-refractivity contribution in [3.63, 3.8) is 0 Å². The van der Waals surface area contributed by atoms with Crippen molar-refractivity contribution in [2.75, 3.05) is 5.32 Å². The van der Waals surface area contributed by atoms with E-state index in [1.165, 1.54) is 0 Å². The van der Waals surface area contributed by atoms with Crippen molar-refractivity contribution >= 4 is 11.9 Å². The summed E-state index contributed by atoms with van der Waals surface area (Å²) in [7, 11) is 0. The number of esters is 1. The number of carbonyl (C=O) groups is 1. The maximum absolute atomic E-state index is 12.7. The maximum atomic E-state index is 12.7. The molecule has 0 radical (unpaired) electrons. The van der Waals surface area contributed by atoms with Crippen molar-refractivity contribution < 1.29 is 9.53 Å². The number of hydrogen-bond donors (Lipinski definition) is 1. The van der Waals surface area contributed by atoms with Gasteiger partial charge < -0.3 is 10.1 Å². The SMILES string of the molecule is CC1=C(C(=O)OC(C)(C)C)[C@H](c2ccccc2)n2nnnc2N1. The van der Waals surface area contributed by atoms with Crippen LogP contribution in [0.3, 0.4) is 0 Å². The highest BCUT2D eigenvalue weighted by Crippen LogP contribution is 2.35. The lowest BCUT2D eigenvalue weighted by molar-refractivity contribution is -0.150. The number of fused-ring (bicyclic) bond motifs is 1. The van der Waals surface area contributed by atoms with Gasteiger partial charge in [0.2, 0.25) is 5.95 Å². The number of nitrogens with one attached hydrogen (secondary N) is 1. The van der Waals surface area contributed by atoms with E-state index in [4.69, 9.17) is 4.74 Å². The Morgan fingerprint density at radius 3 is 2.61 bits per heavy atom. The number of tetrazole rings is 1. The summed E-state index contributed by atoms with van der Waals surface area (Å²) < 4.78 is 7.17. The third kappa shape index (κ3) is 2.94. The van der Waals surface area contributed by atoms with Gasteiger partial charge in [-0.3, -0.25) is 0 Å². The number of anilines is 1. The molecule has 0 bridgehead atoms. The number of rotatable bonds is 2. The molecule has 0 aliphatic carbocycles. The van der Waals surface area contributed by atoms with Gasteiger partial charge >= 0.3 is 5.97 Å². The summed E-state index contributed by atoms with van der Waals surface area (Å²) in [5, 5.41) is 14.8. The molecule has 2 aromatic rings. The van der Waals surface area contributed by atoms with Gasteiger partial charge in [0.05, 0.1) is 5.57 Å². The highest BCUT2D eigenvalue weighted by Gasteiger charge is 2.36. The van der Waals surface area contributed by atoms with Gasteiger partial charge in [-0.2, -0.15) is 4.68 Å². The van der Waals surface area contributed by atoms with Crippen LogP contribution in [-0.2, 0) is 9.53 Å². The second-order valence-electron chi connectivity index (χ2n) is 6.43. The summed E-state index contributed by atoms with van der Waals surface area (Å²) in [5.41, 5.74) is 1.54. The van der Waals surface area contributed by atoms with E-state index < -0.39 is 11.6 Å². The number of aromatic nitrogens is 4. The summed E-state index contributed by atoms with van der Waals surface area (Å²) >= 11 is 0. The fraction of sp³-hybridized carbons (Fsp3) is 0.375. The van der Waals surface area contributed by atoms with Gasteiger partial charge in [0.15, 0.2) is 0 Å². The normalized spacial score (nSPS) is 17.5. The molecule has 0 saturated carbocycles. The third-order valence-corrected chi connectivity index (χ3v) is 3.45. The van der Waals surface area contributed by atoms with Crippen LogP contribution in [0.25, 0.3) is 0 Å². The molecule has 120 valence electrons. The van der Waals surface area contributed by atoms with Crippen LogP contribution in [0.1, 0.15) is 39.3 Å². The van der Waals surface area contributed by atoms with Gasteiger partial charge in [0.1, 0.15) is 11.6 Å². The Kier molecular flexibility index (Phi) is 3.63. The number of ether oxygens (including phenoxy) is 1. The summed E-state index contributed by atoms with van der Waals surface area (Å²) in [6, 6.07) is 9.23. The molecule has 23 heavy (non-hydrogen) atoms. The largest absolute Gasteiger partial charge is 0.456 e. The maximum Gasteiger partial charge on any atom is 0.338 e. The molecule has 0 fully saturated rings. The van der Waals surface area contributed by atoms with Crippen LogP contribution >= 0.6 is 0 Å². The van der Waals surface area contributed by atoms with Crippen LogP contribution in [0.4, 0.5) is 5.95 Å². The van der Waals surface area contributed by atoms with E-state index in [2.05, 4.69) is 20.8 Å². The van der Waals surface area contributed by atoms with Gasteiger partial charge in [0, 0.05) is 5.70 Å². The van der Waals surface area contributed by atoms with E-state index >= 15 is 0 Å². The monoisotopic (exact) mass is 313 g/mol. The molecular weight excluding hydrogens is 294 g/mol. The Labute approximate surface area is 134 Å². The van der Waals surface area contributed by atoms with Crippen LogP contribution < -0.4 is 5.32 Å². The fourth-order valence-corrected chi connectivity index (χ4v) is 2.55. The predicted molar refractivity (Wildman–Crippen MR) is 84.6 cm³/mol. The molecule has 1 N–H and O–H groups in total. The van der Waals surface area contributed by atoms with Gasteiger partial charge in [-0.1, -0.05) is 35.4 Å². The molecule has 2 heterocycles. The van der Waals surface area contributed by atoms with E-state index in [0.717, 1.165) is 5.56 Å². The van der Waals surface area contributed by atoms with Crippen LogP contribution in [-0.4, -0.2) is 31.8 Å². The minimum absolute atomic E-state index is 0.377. The molecule has 7 heteroatoms. The lowest BCUT2D eigenvalue weighted by Gasteiger charge is -2.29. The third-order valence-electron chi connectivity index (χ3n) is 3.45. The molecule has 1 aliphatic heterocycles. The minimum Gasteiger partial charge on any atom is -0.456 e. The second-order valence-corrected chi connectivity index (χ2v) is 6.43. The molecule has 1 atom stereocenters. The average Bonchev–Trinajstić information content (AvgIpc) is 2.92. The van der Waals surface area contributed by atoms with Gasteiger partial charge in [-0.25, -0.2) is 4.79 Å². The van der Waals surface area contributed by atoms with E-state index in [9.17, 15) is 4.79 Å². The highest BCUT2D eigenvalue weighted by molar-refractivity contribution is 5.92. The summed E-state index contributed by atoms with van der Waals surface area (Å²) in [6.07, 6.45) is 0. The highest BCUT2D eigenvalue weighted by atomic mass is 16.6. The number of carbonyl (C=O) groups excluding carboxylic acids is 1. The first-order chi connectivity index (χ1) is 10.9. The Hall–Kier alpha value is -2.70. The Balaban J connectivity index is 2.09. The number of hydrogen-bond acceptors (Lipinski definition) is 6. The van der Waals surface area contributed by atoms with Crippen molar-refractivity contribution in [3.05, 3.63) is 47.2 Å². The molecule has 1 aromatic carbocycles. The zero-order chi connectivity index (χ0) is 16.6. The number of benzene rings is 1. The Morgan fingerprint density at radius 1 is 1.26 bits per heavy atom. The zero-order valence-electron chi connectivity index (χ0n) is 13.6. The van der Waals surface area contributed by atoms with Gasteiger partial charge in [-0.15, -0.1) is 0 Å². The lowest BCUT2D eigenvalue weighted by Crippen LogP contribution is -2.33. The first-order valence-electron chi connectivity index (χ1n) is 7.41. The lowest BCUT2D eigenvalue weighted by atomic mass is 9.95. The second kappa shape index (κ2) is 5.49. The first kappa shape index (κ1) is 15.2. The van der Waals surface area contributed by atoms with Crippen molar-refractivity contribution in [2.45, 2.75) is 39.3 Å². The Morgan fingerprint density at radius 2 is 1.96 bits per heavy atom. The van der Waals surface area contributed by atoms with Gasteiger partial charge in [0.25, 0.3) is 0 Å². The molecule has 3 rings (SSSR count). The molecule has 0 saturated heterocycles. The van der Waals surface area contributed by atoms with E-state index in [1.54, 1.807) is 4.68 Å². The van der Waals surface area contributed by atoms with Crippen LogP contribution in [0.15, 0.2) is 41.6 Å². The van der Waals surface area contributed by atoms with Crippen LogP contribution in [0.5, 0.6) is 0 Å². The Bertz CT molecular complexity index is 758. The van der Waals surface area contributed by atoms with E-state index in [1.807, 2.05) is 58.0 Å². The molecule has 0 amide bonds. The topological polar surface area (TPSA) is 81.9 Å². The number of nitrogens with zero attached hydrogens (tertiary/aromatic N) is 4. The van der Waals surface area contributed by atoms with Crippen LogP contribution in [0, 0.1) is 0 Å². The summed E-state index contributed by atoms with van der Waals surface area (Å²) in [6.45, 7) is 7.36. The van der Waals surface area contributed by atoms with Crippen molar-refractivity contribution in [1.29, 1.82) is 0 Å². The predicted octanol–water partition coefficient (Wildman–Crippen LogP) is 2.30. The zero-order valence-corrected chi connectivity index (χ0v) is 13.6. The van der Waals surface area contributed by atoms with Gasteiger partial charge in [-0.05, 0) is 43.7 Å². The van der Waals surface area contributed by atoms with E-state index in [0.29, 0.717) is 17.2 Å². The van der Waals surface area contributed by atoms with Crippen molar-refractivity contribution in [2.24, 2.45) is 0 Å². The van der Waals surface area contributed by atoms with Crippen molar-refractivity contribution in [1.82, 2.24) is 20.2 Å². The molecule has 7 nitrogen and oxygen atoms in total. The quantitative estimate of drug-likeness (QED) is 0.857. The fourth-order valence-electron chi connectivity index (χ4n) is 2.55. The standard InChI is InChI=1S/C16H19N5O2/c1-10-12(14(22)23-16(2,3)4)13(11-8-6-5-7-9-11)21-15(17-10)18-19-20-21/h5-9,13H,1-4H3,(H,17,18,20)/t13-/m0/s1. The number of allylic oxidation sites excluding steroid dienone is 1. The molecule has 1 aliphatic rings. The van der Waals surface area contributed by atoms with Crippen LogP contribution in [0.2, 0.25) is 0 Å². The smallest absolute Gasteiger partial charge is 0.338 e. The first-order valence-corrected chi connectivity index (χ1v) is 7.41. The molecule has 1 aromatic heterocycles.